The second-order valence-corrected chi connectivity index (χ2v) is 6.83. The summed E-state index contributed by atoms with van der Waals surface area (Å²) < 4.78 is 1.48. The van der Waals surface area contributed by atoms with Crippen LogP contribution in [0.5, 0.6) is 0 Å². The van der Waals surface area contributed by atoms with Crippen LogP contribution in [-0.2, 0) is 12.8 Å². The van der Waals surface area contributed by atoms with E-state index < -0.39 is 5.97 Å². The fourth-order valence-electron chi connectivity index (χ4n) is 3.16. The number of carboxylic acid groups (broad SMARTS) is 1. The zero-order valence-electron chi connectivity index (χ0n) is 14.6. The largest absolute Gasteiger partial charge is 0.477 e. The van der Waals surface area contributed by atoms with Gasteiger partial charge in [-0.1, -0.05) is 48.5 Å². The number of aromatic carboxylic acids is 1. The van der Waals surface area contributed by atoms with Crippen LogP contribution in [-0.4, -0.2) is 21.9 Å². The van der Waals surface area contributed by atoms with Gasteiger partial charge in [0.25, 0.3) is 0 Å². The van der Waals surface area contributed by atoms with Gasteiger partial charge in [0.15, 0.2) is 0 Å². The van der Waals surface area contributed by atoms with E-state index in [9.17, 15) is 15.2 Å². The van der Waals surface area contributed by atoms with Crippen LogP contribution in [0.15, 0.2) is 54.7 Å². The highest BCUT2D eigenvalue weighted by atomic mass is 32.2. The maximum absolute atomic E-state index is 11.6. The van der Waals surface area contributed by atoms with Gasteiger partial charge in [-0.3, -0.25) is 0 Å². The van der Waals surface area contributed by atoms with Gasteiger partial charge >= 0.3 is 5.97 Å². The fraction of sp³-hybridized carbons (Fsp3) is 0.143. The monoisotopic (exact) mass is 362 g/mol. The van der Waals surface area contributed by atoms with Crippen molar-refractivity contribution in [2.45, 2.75) is 5.75 Å². The highest BCUT2D eigenvalue weighted by Gasteiger charge is 2.21. The number of carboxylic acids is 1. The Hall–Kier alpha value is -2.97. The number of hydrogen-bond donors (Lipinski definition) is 1. The van der Waals surface area contributed by atoms with Crippen molar-refractivity contribution in [1.82, 2.24) is 4.57 Å². The van der Waals surface area contributed by atoms with Gasteiger partial charge in [0.05, 0.1) is 5.56 Å². The van der Waals surface area contributed by atoms with Crippen LogP contribution in [0.4, 0.5) is 0 Å². The topological polar surface area (TPSA) is 66.0 Å². The summed E-state index contributed by atoms with van der Waals surface area (Å²) >= 11 is 1.77. The highest BCUT2D eigenvalue weighted by molar-refractivity contribution is 7.97. The molecular formula is C21H18N2O2S. The lowest BCUT2D eigenvalue weighted by atomic mass is 9.96. The predicted octanol–water partition coefficient (Wildman–Crippen LogP) is 4.79. The lowest BCUT2D eigenvalue weighted by molar-refractivity contribution is 0.0687. The Balaban J connectivity index is 2.08. The van der Waals surface area contributed by atoms with E-state index in [2.05, 4.69) is 24.5 Å². The van der Waals surface area contributed by atoms with E-state index in [1.807, 2.05) is 36.4 Å². The molecule has 0 amide bonds. The molecule has 0 fully saturated rings. The molecule has 1 aromatic heterocycles. The van der Waals surface area contributed by atoms with Gasteiger partial charge in [-0.25, -0.2) is 4.79 Å². The van der Waals surface area contributed by atoms with Crippen molar-refractivity contribution in [3.63, 3.8) is 0 Å². The number of thioether (sulfide) groups is 1. The zero-order chi connectivity index (χ0) is 18.7. The number of aryl methyl sites for hydroxylation is 1. The summed E-state index contributed by atoms with van der Waals surface area (Å²) in [5.41, 5.74) is 5.18. The molecule has 0 radical (unpaired) electrons. The van der Waals surface area contributed by atoms with Gasteiger partial charge in [0.2, 0.25) is 0 Å². The summed E-state index contributed by atoms with van der Waals surface area (Å²) in [5.74, 6) is -0.114. The fourth-order valence-corrected chi connectivity index (χ4v) is 3.72. The Bertz CT molecular complexity index is 998. The predicted molar refractivity (Wildman–Crippen MR) is 105 cm³/mol. The summed E-state index contributed by atoms with van der Waals surface area (Å²) in [7, 11) is 1.64. The van der Waals surface area contributed by atoms with Crippen LogP contribution >= 0.6 is 11.8 Å². The molecule has 2 aromatic carbocycles. The van der Waals surface area contributed by atoms with E-state index in [0.717, 1.165) is 16.9 Å². The van der Waals surface area contributed by atoms with E-state index in [1.54, 1.807) is 25.0 Å². The quantitative estimate of drug-likeness (QED) is 0.708. The van der Waals surface area contributed by atoms with Crippen molar-refractivity contribution in [2.75, 3.05) is 6.26 Å². The molecule has 0 unspecified atom stereocenters. The molecule has 0 saturated carbocycles. The first-order valence-corrected chi connectivity index (χ1v) is 9.46. The SMILES string of the molecule is CSCc1ccccc1-c1ccc(-c2c(C#N)cn(C)c2C(=O)O)cc1. The molecule has 0 aliphatic carbocycles. The van der Waals surface area contributed by atoms with E-state index in [-0.39, 0.29) is 5.69 Å². The number of nitrogens with zero attached hydrogens (tertiary/aromatic N) is 2. The van der Waals surface area contributed by atoms with Gasteiger partial charge in [0, 0.05) is 24.6 Å². The minimum Gasteiger partial charge on any atom is -0.477 e. The molecule has 0 saturated heterocycles. The molecule has 4 nitrogen and oxygen atoms in total. The van der Waals surface area contributed by atoms with Crippen LogP contribution in [0.25, 0.3) is 22.3 Å². The molecule has 130 valence electrons. The standard InChI is InChI=1S/C21H18N2O2S/c1-23-12-17(11-22)19(20(23)21(24)25)15-9-7-14(8-10-15)18-6-4-3-5-16(18)13-26-2/h3-10,12H,13H2,1-2H3,(H,24,25). The molecular weight excluding hydrogens is 344 g/mol. The summed E-state index contributed by atoms with van der Waals surface area (Å²) in [4.78, 5) is 11.6. The summed E-state index contributed by atoms with van der Waals surface area (Å²) in [5, 5.41) is 18.9. The van der Waals surface area contributed by atoms with E-state index in [4.69, 9.17) is 0 Å². The van der Waals surface area contributed by atoms with Crippen LogP contribution in [0.3, 0.4) is 0 Å². The molecule has 1 N–H and O–H groups in total. The molecule has 0 spiro atoms. The number of rotatable bonds is 5. The smallest absolute Gasteiger partial charge is 0.353 e. The third-order valence-electron chi connectivity index (χ3n) is 4.31. The molecule has 0 aliphatic rings. The summed E-state index contributed by atoms with van der Waals surface area (Å²) in [6.07, 6.45) is 3.63. The Kier molecular flexibility index (Phi) is 5.15. The van der Waals surface area contributed by atoms with Gasteiger partial charge < -0.3 is 9.67 Å². The summed E-state index contributed by atoms with van der Waals surface area (Å²) in [6.45, 7) is 0. The van der Waals surface area contributed by atoms with Crippen LogP contribution in [0.2, 0.25) is 0 Å². The third kappa shape index (κ3) is 3.24. The highest BCUT2D eigenvalue weighted by Crippen LogP contribution is 2.32. The molecule has 3 rings (SSSR count). The Labute approximate surface area is 156 Å². The Morgan fingerprint density at radius 1 is 1.15 bits per heavy atom. The van der Waals surface area contributed by atoms with E-state index in [1.165, 1.54) is 15.7 Å². The molecule has 1 heterocycles. The Morgan fingerprint density at radius 3 is 2.42 bits per heavy atom. The van der Waals surface area contributed by atoms with Gasteiger partial charge in [0.1, 0.15) is 11.8 Å². The maximum Gasteiger partial charge on any atom is 0.353 e. The minimum absolute atomic E-state index is 0.122. The first-order valence-electron chi connectivity index (χ1n) is 8.07. The lowest BCUT2D eigenvalue weighted by Gasteiger charge is -2.10. The molecule has 3 aromatic rings. The van der Waals surface area contributed by atoms with Crippen molar-refractivity contribution >= 4 is 17.7 Å². The number of carbonyl (C=O) groups is 1. The van der Waals surface area contributed by atoms with Crippen molar-refractivity contribution < 1.29 is 9.90 Å². The van der Waals surface area contributed by atoms with Gasteiger partial charge in [-0.05, 0) is 28.5 Å². The van der Waals surface area contributed by atoms with Crippen LogP contribution in [0, 0.1) is 11.3 Å². The maximum atomic E-state index is 11.6. The Morgan fingerprint density at radius 2 is 1.81 bits per heavy atom. The number of benzene rings is 2. The molecule has 26 heavy (non-hydrogen) atoms. The third-order valence-corrected chi connectivity index (χ3v) is 4.91. The second-order valence-electron chi connectivity index (χ2n) is 5.96. The first-order chi connectivity index (χ1) is 12.6. The van der Waals surface area contributed by atoms with Gasteiger partial charge in [-0.2, -0.15) is 17.0 Å². The second kappa shape index (κ2) is 7.51. The number of hydrogen-bond acceptors (Lipinski definition) is 3. The molecule has 0 aliphatic heterocycles. The zero-order valence-corrected chi connectivity index (χ0v) is 15.4. The average molecular weight is 362 g/mol. The molecule has 0 bridgehead atoms. The molecule has 0 atom stereocenters. The van der Waals surface area contributed by atoms with Crippen molar-refractivity contribution in [2.24, 2.45) is 7.05 Å². The first kappa shape index (κ1) is 17.8. The normalized spacial score (nSPS) is 10.5. The van der Waals surface area contributed by atoms with Crippen LogP contribution in [0.1, 0.15) is 21.6 Å². The number of nitriles is 1. The minimum atomic E-state index is -1.04. The number of aromatic nitrogens is 1. The van der Waals surface area contributed by atoms with Crippen molar-refractivity contribution in [3.8, 4) is 28.3 Å². The average Bonchev–Trinajstić information content (AvgIpc) is 2.99. The lowest BCUT2D eigenvalue weighted by Crippen LogP contribution is -2.05. The van der Waals surface area contributed by atoms with E-state index in [0.29, 0.717) is 11.1 Å². The molecule has 5 heteroatoms. The van der Waals surface area contributed by atoms with Gasteiger partial charge in [-0.15, -0.1) is 0 Å². The van der Waals surface area contributed by atoms with Crippen molar-refractivity contribution in [1.29, 1.82) is 5.26 Å². The summed E-state index contributed by atoms with van der Waals surface area (Å²) in [6, 6.07) is 18.1. The van der Waals surface area contributed by atoms with Crippen LogP contribution < -0.4 is 0 Å². The van der Waals surface area contributed by atoms with E-state index >= 15 is 0 Å². The van der Waals surface area contributed by atoms with Crippen molar-refractivity contribution in [3.05, 3.63) is 71.5 Å².